The highest BCUT2D eigenvalue weighted by Crippen LogP contribution is 2.41. The van der Waals surface area contributed by atoms with Crippen LogP contribution >= 0.6 is 0 Å². The Morgan fingerprint density at radius 1 is 1.03 bits per heavy atom. The first kappa shape index (κ1) is 22.3. The molecule has 0 radical (unpaired) electrons. The molecule has 0 amide bonds. The van der Waals surface area contributed by atoms with Crippen LogP contribution < -0.4 is 4.43 Å². The first-order valence-electron chi connectivity index (χ1n) is 11.1. The van der Waals surface area contributed by atoms with Crippen molar-refractivity contribution in [2.75, 3.05) is 0 Å². The van der Waals surface area contributed by atoms with Gasteiger partial charge in [0.05, 0.1) is 11.2 Å². The quantitative estimate of drug-likeness (QED) is 0.308. The molecule has 0 fully saturated rings. The summed E-state index contributed by atoms with van der Waals surface area (Å²) in [6, 6.07) is 14.8. The number of hydrogen-bond donors (Lipinski definition) is 0. The van der Waals surface area contributed by atoms with Crippen molar-refractivity contribution in [2.45, 2.75) is 66.2 Å². The average molecular weight is 448 g/mol. The van der Waals surface area contributed by atoms with Crippen LogP contribution in [-0.2, 0) is 6.54 Å². The predicted molar refractivity (Wildman–Crippen MR) is 133 cm³/mol. The normalized spacial score (nSPS) is 12.5. The smallest absolute Gasteiger partial charge is 0.250 e. The van der Waals surface area contributed by atoms with Gasteiger partial charge in [-0.15, -0.1) is 0 Å². The molecule has 0 bridgehead atoms. The number of benzene rings is 2. The van der Waals surface area contributed by atoms with Crippen LogP contribution in [0.3, 0.4) is 0 Å². The topological polar surface area (TPSA) is 53.1 Å². The van der Waals surface area contributed by atoms with Crippen LogP contribution in [0.2, 0.25) is 18.1 Å². The van der Waals surface area contributed by atoms with E-state index < -0.39 is 8.32 Å². The monoisotopic (exact) mass is 447 g/mol. The van der Waals surface area contributed by atoms with Gasteiger partial charge in [-0.3, -0.25) is 0 Å². The van der Waals surface area contributed by atoms with Gasteiger partial charge in [0.2, 0.25) is 0 Å². The summed E-state index contributed by atoms with van der Waals surface area (Å²) < 4.78 is 14.6. The van der Waals surface area contributed by atoms with Gasteiger partial charge in [-0.25, -0.2) is 4.98 Å². The maximum atomic E-state index is 6.83. The van der Waals surface area contributed by atoms with E-state index in [1.54, 1.807) is 0 Å². The summed E-state index contributed by atoms with van der Waals surface area (Å²) in [4.78, 5) is 4.96. The molecule has 2 heterocycles. The van der Waals surface area contributed by atoms with E-state index in [-0.39, 0.29) is 5.04 Å². The highest BCUT2D eigenvalue weighted by molar-refractivity contribution is 6.74. The largest absolute Gasteiger partial charge is 0.542 e. The van der Waals surface area contributed by atoms with Crippen molar-refractivity contribution in [3.05, 3.63) is 65.3 Å². The molecule has 4 rings (SSSR count). The molecule has 0 saturated carbocycles. The standard InChI is InChI=1S/C26H33N3O2Si/c1-17-24(18(2)30-28-17)21-14-22-25(23(15-21)31-32(7,8)26(4,5)6)27-19(3)29(22)16-20-12-10-9-11-13-20/h9-15H,16H2,1-8H3. The zero-order valence-corrected chi connectivity index (χ0v) is 21.4. The summed E-state index contributed by atoms with van der Waals surface area (Å²) in [5.74, 6) is 2.63. The Balaban J connectivity index is 1.94. The zero-order chi connectivity index (χ0) is 23.3. The van der Waals surface area contributed by atoms with Crippen molar-refractivity contribution in [2.24, 2.45) is 0 Å². The lowest BCUT2D eigenvalue weighted by Gasteiger charge is -2.36. The van der Waals surface area contributed by atoms with Gasteiger partial charge in [-0.1, -0.05) is 56.3 Å². The highest BCUT2D eigenvalue weighted by Gasteiger charge is 2.39. The number of rotatable bonds is 5. The second-order valence-corrected chi connectivity index (χ2v) is 14.9. The van der Waals surface area contributed by atoms with E-state index in [1.165, 1.54) is 5.56 Å². The first-order valence-corrected chi connectivity index (χ1v) is 14.1. The van der Waals surface area contributed by atoms with E-state index in [0.29, 0.717) is 0 Å². The van der Waals surface area contributed by atoms with Crippen LogP contribution in [0.15, 0.2) is 47.0 Å². The maximum absolute atomic E-state index is 6.83. The van der Waals surface area contributed by atoms with Gasteiger partial charge in [0, 0.05) is 12.1 Å². The Morgan fingerprint density at radius 2 is 1.72 bits per heavy atom. The second kappa shape index (κ2) is 7.92. The Labute approximate surface area is 191 Å². The molecule has 0 spiro atoms. The summed E-state index contributed by atoms with van der Waals surface area (Å²) >= 11 is 0. The van der Waals surface area contributed by atoms with Crippen LogP contribution in [0.4, 0.5) is 0 Å². The predicted octanol–water partition coefficient (Wildman–Crippen LogP) is 7.05. The molecule has 2 aromatic carbocycles. The summed E-state index contributed by atoms with van der Waals surface area (Å²) in [6.07, 6.45) is 0. The van der Waals surface area contributed by atoms with Gasteiger partial charge in [0.25, 0.3) is 8.32 Å². The van der Waals surface area contributed by atoms with Crippen LogP contribution in [0.1, 0.15) is 43.6 Å². The SMILES string of the molecule is Cc1noc(C)c1-c1cc(O[Si](C)(C)C(C)(C)C)c2nc(C)n(Cc3ccccc3)c2c1. The van der Waals surface area contributed by atoms with Crippen LogP contribution in [-0.4, -0.2) is 23.0 Å². The number of aryl methyl sites for hydroxylation is 3. The lowest BCUT2D eigenvalue weighted by Crippen LogP contribution is -2.43. The fourth-order valence-electron chi connectivity index (χ4n) is 3.82. The molecule has 0 aliphatic heterocycles. The Morgan fingerprint density at radius 3 is 2.31 bits per heavy atom. The van der Waals surface area contributed by atoms with Crippen molar-refractivity contribution in [3.63, 3.8) is 0 Å². The van der Waals surface area contributed by atoms with Gasteiger partial charge in [0.15, 0.2) is 0 Å². The highest BCUT2D eigenvalue weighted by atomic mass is 28.4. The molecule has 0 unspecified atom stereocenters. The lowest BCUT2D eigenvalue weighted by atomic mass is 10.0. The van der Waals surface area contributed by atoms with Gasteiger partial charge >= 0.3 is 0 Å². The van der Waals surface area contributed by atoms with Crippen molar-refractivity contribution in [1.82, 2.24) is 14.7 Å². The molecular weight excluding hydrogens is 414 g/mol. The van der Waals surface area contributed by atoms with E-state index in [0.717, 1.165) is 51.7 Å². The minimum absolute atomic E-state index is 0.0833. The molecule has 0 aliphatic carbocycles. The Bertz CT molecular complexity index is 1240. The Kier molecular flexibility index (Phi) is 5.53. The number of fused-ring (bicyclic) bond motifs is 1. The summed E-state index contributed by atoms with van der Waals surface area (Å²) in [5.41, 5.74) is 6.18. The van der Waals surface area contributed by atoms with E-state index in [9.17, 15) is 0 Å². The van der Waals surface area contributed by atoms with E-state index >= 15 is 0 Å². The first-order chi connectivity index (χ1) is 15.0. The fourth-order valence-corrected chi connectivity index (χ4v) is 4.83. The van der Waals surface area contributed by atoms with Crippen LogP contribution in [0.25, 0.3) is 22.2 Å². The molecule has 168 valence electrons. The van der Waals surface area contributed by atoms with Crippen LogP contribution in [0, 0.1) is 20.8 Å². The molecule has 0 N–H and O–H groups in total. The summed E-state index contributed by atoms with van der Waals surface area (Å²) in [7, 11) is -2.07. The minimum Gasteiger partial charge on any atom is -0.542 e. The van der Waals surface area contributed by atoms with Crippen LogP contribution in [0.5, 0.6) is 5.75 Å². The third-order valence-corrected chi connectivity index (χ3v) is 11.0. The number of nitrogens with zero attached hydrogens (tertiary/aromatic N) is 3. The average Bonchev–Trinajstić information content (AvgIpc) is 3.20. The van der Waals surface area contributed by atoms with Crippen molar-refractivity contribution in [3.8, 4) is 16.9 Å². The molecular formula is C26H33N3O2Si. The third-order valence-electron chi connectivity index (χ3n) is 6.69. The summed E-state index contributed by atoms with van der Waals surface area (Å²) in [5, 5.41) is 4.27. The molecule has 2 aromatic heterocycles. The molecule has 6 heteroatoms. The zero-order valence-electron chi connectivity index (χ0n) is 20.4. The lowest BCUT2D eigenvalue weighted by molar-refractivity contribution is 0.393. The van der Waals surface area contributed by atoms with Gasteiger partial charge in [0.1, 0.15) is 22.9 Å². The van der Waals surface area contributed by atoms with E-state index in [2.05, 4.69) is 86.9 Å². The molecule has 32 heavy (non-hydrogen) atoms. The third kappa shape index (κ3) is 3.99. The van der Waals surface area contributed by atoms with Gasteiger partial charge in [-0.05, 0) is 62.2 Å². The molecule has 0 atom stereocenters. The molecule has 0 aliphatic rings. The van der Waals surface area contributed by atoms with E-state index in [4.69, 9.17) is 13.9 Å². The second-order valence-electron chi connectivity index (χ2n) is 10.1. The maximum Gasteiger partial charge on any atom is 0.250 e. The Hall–Kier alpha value is -2.86. The number of imidazole rings is 1. The summed E-state index contributed by atoms with van der Waals surface area (Å²) in [6.45, 7) is 18.1. The minimum atomic E-state index is -2.07. The molecule has 0 saturated heterocycles. The fraction of sp³-hybridized carbons (Fsp3) is 0.385. The van der Waals surface area contributed by atoms with Crippen molar-refractivity contribution >= 4 is 19.4 Å². The number of aromatic nitrogens is 3. The van der Waals surface area contributed by atoms with Gasteiger partial charge in [-0.2, -0.15) is 0 Å². The number of hydrogen-bond acceptors (Lipinski definition) is 4. The van der Waals surface area contributed by atoms with Gasteiger partial charge < -0.3 is 13.5 Å². The molecule has 4 aromatic rings. The van der Waals surface area contributed by atoms with Crippen molar-refractivity contribution in [1.29, 1.82) is 0 Å². The van der Waals surface area contributed by atoms with Crippen molar-refractivity contribution < 1.29 is 8.95 Å². The molecule has 5 nitrogen and oxygen atoms in total. The van der Waals surface area contributed by atoms with E-state index in [1.807, 2.05) is 19.9 Å².